The standard InChI is InChI=1S/C14H22ClNO/c1-3-16-11-13(8-9-17-2)10-12-4-6-14(15)7-5-12/h4-7,13,16H,3,8-11H2,1-2H3. The van der Waals surface area contributed by atoms with Gasteiger partial charge in [-0.1, -0.05) is 30.7 Å². The molecule has 0 fully saturated rings. The van der Waals surface area contributed by atoms with Gasteiger partial charge in [0.2, 0.25) is 0 Å². The fourth-order valence-electron chi connectivity index (χ4n) is 1.86. The molecule has 96 valence electrons. The summed E-state index contributed by atoms with van der Waals surface area (Å²) < 4.78 is 5.16. The number of nitrogens with one attached hydrogen (secondary N) is 1. The predicted molar refractivity (Wildman–Crippen MR) is 73.7 cm³/mol. The smallest absolute Gasteiger partial charge is 0.0465 e. The Kier molecular flexibility index (Phi) is 7.25. The van der Waals surface area contributed by atoms with E-state index < -0.39 is 0 Å². The fraction of sp³-hybridized carbons (Fsp3) is 0.571. The van der Waals surface area contributed by atoms with Crippen molar-refractivity contribution in [1.82, 2.24) is 5.32 Å². The number of methoxy groups -OCH3 is 1. The Bertz CT molecular complexity index is 292. The van der Waals surface area contributed by atoms with Crippen molar-refractivity contribution in [2.45, 2.75) is 19.8 Å². The summed E-state index contributed by atoms with van der Waals surface area (Å²) in [6, 6.07) is 8.12. The molecular formula is C14H22ClNO. The summed E-state index contributed by atoms with van der Waals surface area (Å²) in [5.41, 5.74) is 1.34. The maximum absolute atomic E-state index is 5.88. The Morgan fingerprint density at radius 3 is 2.59 bits per heavy atom. The molecular weight excluding hydrogens is 234 g/mol. The van der Waals surface area contributed by atoms with E-state index in [9.17, 15) is 0 Å². The molecule has 0 spiro atoms. The van der Waals surface area contributed by atoms with Crippen molar-refractivity contribution < 1.29 is 4.74 Å². The lowest BCUT2D eigenvalue weighted by Crippen LogP contribution is -2.25. The van der Waals surface area contributed by atoms with E-state index in [1.54, 1.807) is 7.11 Å². The van der Waals surface area contributed by atoms with Gasteiger partial charge in [0.05, 0.1) is 0 Å². The maximum Gasteiger partial charge on any atom is 0.0465 e. The molecule has 2 nitrogen and oxygen atoms in total. The largest absolute Gasteiger partial charge is 0.385 e. The molecule has 3 heteroatoms. The highest BCUT2D eigenvalue weighted by Gasteiger charge is 2.09. The third-order valence-electron chi connectivity index (χ3n) is 2.85. The van der Waals surface area contributed by atoms with E-state index in [-0.39, 0.29) is 0 Å². The number of benzene rings is 1. The third-order valence-corrected chi connectivity index (χ3v) is 3.10. The zero-order valence-corrected chi connectivity index (χ0v) is 11.5. The van der Waals surface area contributed by atoms with Gasteiger partial charge >= 0.3 is 0 Å². The summed E-state index contributed by atoms with van der Waals surface area (Å²) in [6.45, 7) is 5.02. The van der Waals surface area contributed by atoms with E-state index in [1.807, 2.05) is 12.1 Å². The number of rotatable bonds is 8. The summed E-state index contributed by atoms with van der Waals surface area (Å²) in [5.74, 6) is 0.621. The first kappa shape index (κ1) is 14.5. The Balaban J connectivity index is 2.48. The van der Waals surface area contributed by atoms with Gasteiger partial charge in [0.15, 0.2) is 0 Å². The van der Waals surface area contributed by atoms with Gasteiger partial charge < -0.3 is 10.1 Å². The lowest BCUT2D eigenvalue weighted by Gasteiger charge is -2.17. The van der Waals surface area contributed by atoms with Crippen molar-refractivity contribution in [2.75, 3.05) is 26.8 Å². The maximum atomic E-state index is 5.88. The van der Waals surface area contributed by atoms with Crippen molar-refractivity contribution in [3.05, 3.63) is 34.9 Å². The van der Waals surface area contributed by atoms with Gasteiger partial charge in [0.1, 0.15) is 0 Å². The van der Waals surface area contributed by atoms with Gasteiger partial charge in [-0.05, 0) is 49.5 Å². The molecule has 1 aromatic carbocycles. The average molecular weight is 256 g/mol. The molecule has 1 aromatic rings. The number of hydrogen-bond acceptors (Lipinski definition) is 2. The Labute approximate surface area is 109 Å². The molecule has 0 radical (unpaired) electrons. The predicted octanol–water partition coefficient (Wildman–Crippen LogP) is 3.14. The molecule has 0 saturated heterocycles. The molecule has 1 N–H and O–H groups in total. The number of halogens is 1. The topological polar surface area (TPSA) is 21.3 Å². The van der Waals surface area contributed by atoms with Crippen LogP contribution in [0.5, 0.6) is 0 Å². The minimum Gasteiger partial charge on any atom is -0.385 e. The zero-order valence-electron chi connectivity index (χ0n) is 10.7. The Hall–Kier alpha value is -0.570. The van der Waals surface area contributed by atoms with Crippen LogP contribution in [0, 0.1) is 5.92 Å². The number of ether oxygens (including phenoxy) is 1. The highest BCUT2D eigenvalue weighted by Crippen LogP contribution is 2.15. The van der Waals surface area contributed by atoms with Crippen LogP contribution in [0.25, 0.3) is 0 Å². The molecule has 0 bridgehead atoms. The highest BCUT2D eigenvalue weighted by atomic mass is 35.5. The van der Waals surface area contributed by atoms with Gasteiger partial charge in [-0.2, -0.15) is 0 Å². The normalized spacial score (nSPS) is 12.6. The molecule has 1 rings (SSSR count). The van der Waals surface area contributed by atoms with Crippen LogP contribution in [0.15, 0.2) is 24.3 Å². The second-order valence-corrected chi connectivity index (χ2v) is 4.72. The lowest BCUT2D eigenvalue weighted by atomic mass is 9.96. The van der Waals surface area contributed by atoms with Crippen molar-refractivity contribution in [3.8, 4) is 0 Å². The van der Waals surface area contributed by atoms with Crippen molar-refractivity contribution in [1.29, 1.82) is 0 Å². The second-order valence-electron chi connectivity index (χ2n) is 4.29. The monoisotopic (exact) mass is 255 g/mol. The van der Waals surface area contributed by atoms with Crippen molar-refractivity contribution in [2.24, 2.45) is 5.92 Å². The van der Waals surface area contributed by atoms with Crippen molar-refractivity contribution >= 4 is 11.6 Å². The molecule has 0 heterocycles. The SMILES string of the molecule is CCNCC(CCOC)Cc1ccc(Cl)cc1. The van der Waals surface area contributed by atoms with Crippen molar-refractivity contribution in [3.63, 3.8) is 0 Å². The van der Waals surface area contributed by atoms with E-state index in [0.29, 0.717) is 5.92 Å². The molecule has 1 unspecified atom stereocenters. The molecule has 17 heavy (non-hydrogen) atoms. The summed E-state index contributed by atoms with van der Waals surface area (Å²) in [5, 5.41) is 4.21. The van der Waals surface area contributed by atoms with Gasteiger partial charge in [0, 0.05) is 18.7 Å². The van der Waals surface area contributed by atoms with E-state index in [4.69, 9.17) is 16.3 Å². The minimum absolute atomic E-state index is 0.621. The first-order valence-corrected chi connectivity index (χ1v) is 6.58. The van der Waals surface area contributed by atoms with Crippen LogP contribution >= 0.6 is 11.6 Å². The second kappa shape index (κ2) is 8.51. The molecule has 0 amide bonds. The van der Waals surface area contributed by atoms with Crippen LogP contribution < -0.4 is 5.32 Å². The van der Waals surface area contributed by atoms with E-state index >= 15 is 0 Å². The third kappa shape index (κ3) is 6.06. The van der Waals surface area contributed by atoms with Gasteiger partial charge in [-0.25, -0.2) is 0 Å². The summed E-state index contributed by atoms with van der Waals surface area (Å²) in [4.78, 5) is 0. The first-order chi connectivity index (χ1) is 8.26. The van der Waals surface area contributed by atoms with E-state index in [2.05, 4.69) is 24.4 Å². The van der Waals surface area contributed by atoms with Crippen LogP contribution in [0.2, 0.25) is 5.02 Å². The van der Waals surface area contributed by atoms with Gasteiger partial charge in [-0.15, -0.1) is 0 Å². The molecule has 0 aliphatic rings. The van der Waals surface area contributed by atoms with E-state index in [1.165, 1.54) is 5.56 Å². The lowest BCUT2D eigenvalue weighted by molar-refractivity contribution is 0.176. The number of hydrogen-bond donors (Lipinski definition) is 1. The average Bonchev–Trinajstić information content (AvgIpc) is 2.35. The van der Waals surface area contributed by atoms with E-state index in [0.717, 1.165) is 37.6 Å². The molecule has 0 aliphatic carbocycles. The minimum atomic E-state index is 0.621. The fourth-order valence-corrected chi connectivity index (χ4v) is 1.99. The molecule has 0 saturated carbocycles. The molecule has 0 aromatic heterocycles. The first-order valence-electron chi connectivity index (χ1n) is 6.20. The van der Waals surface area contributed by atoms with Gasteiger partial charge in [-0.3, -0.25) is 0 Å². The molecule has 0 aliphatic heterocycles. The summed E-state index contributed by atoms with van der Waals surface area (Å²) >= 11 is 5.88. The van der Waals surface area contributed by atoms with Crippen LogP contribution in [0.1, 0.15) is 18.9 Å². The van der Waals surface area contributed by atoms with Crippen LogP contribution in [0.3, 0.4) is 0 Å². The Morgan fingerprint density at radius 1 is 1.29 bits per heavy atom. The highest BCUT2D eigenvalue weighted by molar-refractivity contribution is 6.30. The summed E-state index contributed by atoms with van der Waals surface area (Å²) in [7, 11) is 1.76. The molecule has 1 atom stereocenters. The summed E-state index contributed by atoms with van der Waals surface area (Å²) in [6.07, 6.45) is 2.17. The Morgan fingerprint density at radius 2 is 2.00 bits per heavy atom. The van der Waals surface area contributed by atoms with Crippen LogP contribution in [-0.2, 0) is 11.2 Å². The van der Waals surface area contributed by atoms with Crippen LogP contribution in [0.4, 0.5) is 0 Å². The van der Waals surface area contributed by atoms with Gasteiger partial charge in [0.25, 0.3) is 0 Å². The van der Waals surface area contributed by atoms with Crippen LogP contribution in [-0.4, -0.2) is 26.8 Å². The quantitative estimate of drug-likeness (QED) is 0.771. The zero-order chi connectivity index (χ0) is 12.5.